The Labute approximate surface area is 446 Å². The molecule has 1 aromatic heterocycles. The van der Waals surface area contributed by atoms with E-state index in [1.54, 1.807) is 12.1 Å². The molecule has 1 aliphatic carbocycles. The third-order valence-electron chi connectivity index (χ3n) is 16.3. The molecule has 0 radical (unpaired) electrons. The molecule has 1 aliphatic rings. The van der Waals surface area contributed by atoms with Crippen LogP contribution in [-0.4, -0.2) is 4.57 Å². The van der Waals surface area contributed by atoms with Crippen molar-refractivity contribution in [1.29, 1.82) is 0 Å². The predicted octanol–water partition coefficient (Wildman–Crippen LogP) is 20.4. The summed E-state index contributed by atoms with van der Waals surface area (Å²) in [5, 5.41) is 9.86. The molecule has 0 aliphatic heterocycles. The number of nitrogens with zero attached hydrogens (tertiary/aromatic N) is 3. The van der Waals surface area contributed by atoms with E-state index in [-0.39, 0.29) is 11.2 Å². The molecule has 1 heterocycles. The van der Waals surface area contributed by atoms with Crippen molar-refractivity contribution in [3.05, 3.63) is 284 Å². The molecule has 0 unspecified atom stereocenters. The van der Waals surface area contributed by atoms with Gasteiger partial charge in [0.15, 0.2) is 0 Å². The standard InChI is InChI=1S/C73H50FN3/c1-73(2)66-44-52(51-27-42-68-65(43-51)72-64-40-25-50-16-12-15-49-21-22-53(71(64)70(49)50)45-69(72)77(68)60-32-28-54(74)29-33-60)26-39-62(66)63-41-38-61(46-67(63)73)76(57-30-23-48(24-31-57)47-13-6-3-7-14-47)59-36-34-58(35-37-59)75(55-17-8-4-9-18-55)56-19-10-5-11-20-56/h3-46H,1-2H3. The first kappa shape index (κ1) is 44.7. The Morgan fingerprint density at radius 3 is 1.48 bits per heavy atom. The minimum atomic E-state index is -0.301. The summed E-state index contributed by atoms with van der Waals surface area (Å²) in [5.74, 6) is -0.247. The largest absolute Gasteiger partial charge is 0.311 e. The van der Waals surface area contributed by atoms with Gasteiger partial charge in [-0.3, -0.25) is 0 Å². The highest BCUT2D eigenvalue weighted by atomic mass is 19.1. The van der Waals surface area contributed by atoms with Gasteiger partial charge in [0.1, 0.15) is 5.82 Å². The molecule has 77 heavy (non-hydrogen) atoms. The molecule has 13 aromatic carbocycles. The average Bonchev–Trinajstić information content (AvgIpc) is 4.13. The number of hydrogen-bond donors (Lipinski definition) is 0. The molecule has 4 heteroatoms. The van der Waals surface area contributed by atoms with Gasteiger partial charge in [-0.25, -0.2) is 4.39 Å². The summed E-state index contributed by atoms with van der Waals surface area (Å²) >= 11 is 0. The molecular formula is C73H50FN3. The first-order chi connectivity index (χ1) is 37.8. The second-order valence-electron chi connectivity index (χ2n) is 21.1. The summed E-state index contributed by atoms with van der Waals surface area (Å²) in [4.78, 5) is 4.70. The number of anilines is 6. The van der Waals surface area contributed by atoms with Crippen molar-refractivity contribution in [1.82, 2.24) is 4.57 Å². The first-order valence-corrected chi connectivity index (χ1v) is 26.5. The van der Waals surface area contributed by atoms with E-state index in [1.165, 1.54) is 82.0 Å². The fraction of sp³-hybridized carbons (Fsp3) is 0.0411. The van der Waals surface area contributed by atoms with Crippen LogP contribution in [0.25, 0.3) is 93.2 Å². The average molecular weight is 988 g/mol. The molecule has 0 N–H and O–H groups in total. The third kappa shape index (κ3) is 7.17. The van der Waals surface area contributed by atoms with Gasteiger partial charge in [-0.2, -0.15) is 0 Å². The lowest BCUT2D eigenvalue weighted by Crippen LogP contribution is -2.17. The molecule has 0 atom stereocenters. The van der Waals surface area contributed by atoms with Crippen molar-refractivity contribution in [3.63, 3.8) is 0 Å². The number of halogens is 1. The van der Waals surface area contributed by atoms with Gasteiger partial charge in [0.2, 0.25) is 0 Å². The fourth-order valence-electron chi connectivity index (χ4n) is 12.6. The van der Waals surface area contributed by atoms with Crippen LogP contribution in [0.3, 0.4) is 0 Å². The molecule has 15 rings (SSSR count). The van der Waals surface area contributed by atoms with Crippen LogP contribution in [0, 0.1) is 5.82 Å². The molecular weight excluding hydrogens is 938 g/mol. The van der Waals surface area contributed by atoms with E-state index in [4.69, 9.17) is 0 Å². The number of benzene rings is 13. The molecule has 0 saturated carbocycles. The van der Waals surface area contributed by atoms with Crippen molar-refractivity contribution < 1.29 is 4.39 Å². The van der Waals surface area contributed by atoms with Gasteiger partial charge >= 0.3 is 0 Å². The first-order valence-electron chi connectivity index (χ1n) is 26.5. The number of rotatable bonds is 9. The van der Waals surface area contributed by atoms with Crippen molar-refractivity contribution in [2.24, 2.45) is 0 Å². The van der Waals surface area contributed by atoms with Gasteiger partial charge < -0.3 is 14.4 Å². The fourth-order valence-corrected chi connectivity index (χ4v) is 12.6. The maximum atomic E-state index is 14.5. The third-order valence-corrected chi connectivity index (χ3v) is 16.3. The number of hydrogen-bond acceptors (Lipinski definition) is 2. The van der Waals surface area contributed by atoms with Crippen LogP contribution < -0.4 is 9.80 Å². The molecule has 3 nitrogen and oxygen atoms in total. The lowest BCUT2D eigenvalue weighted by Gasteiger charge is -2.29. The van der Waals surface area contributed by atoms with Gasteiger partial charge in [-0.05, 0) is 198 Å². The SMILES string of the molecule is CC1(C)c2cc(-c3ccc4c(c3)c3c5ccc6cccc7ccc(cc3n4-c3ccc(F)cc3)c5c76)ccc2-c2ccc(N(c3ccc(-c4ccccc4)cc3)c3ccc(N(c4ccccc4)c4ccccc4)cc3)cc21. The Kier molecular flexibility index (Phi) is 10.1. The highest BCUT2D eigenvalue weighted by molar-refractivity contribution is 6.33. The summed E-state index contributed by atoms with van der Waals surface area (Å²) in [6.45, 7) is 4.75. The monoisotopic (exact) mass is 987 g/mol. The highest BCUT2D eigenvalue weighted by Gasteiger charge is 2.36. The van der Waals surface area contributed by atoms with Crippen LogP contribution in [0.1, 0.15) is 25.0 Å². The molecule has 0 saturated heterocycles. The van der Waals surface area contributed by atoms with Gasteiger partial charge in [-0.1, -0.05) is 159 Å². The number of aromatic nitrogens is 1. The van der Waals surface area contributed by atoms with E-state index in [2.05, 4.69) is 271 Å². The summed E-state index contributed by atoms with van der Waals surface area (Å²) in [5.41, 5.74) is 19.2. The van der Waals surface area contributed by atoms with Crippen molar-refractivity contribution >= 4 is 88.2 Å². The van der Waals surface area contributed by atoms with Crippen LogP contribution in [0.15, 0.2) is 267 Å². The zero-order valence-electron chi connectivity index (χ0n) is 42.6. The quantitative estimate of drug-likeness (QED) is 0.134. The van der Waals surface area contributed by atoms with Crippen molar-refractivity contribution in [2.75, 3.05) is 9.80 Å². The molecule has 14 aromatic rings. The Hall–Kier alpha value is -9.77. The van der Waals surface area contributed by atoms with E-state index in [9.17, 15) is 4.39 Å². The van der Waals surface area contributed by atoms with Crippen LogP contribution in [-0.2, 0) is 5.41 Å². The summed E-state index contributed by atoms with van der Waals surface area (Å²) in [6, 6.07) is 95.5. The molecule has 0 spiro atoms. The molecule has 0 amide bonds. The number of para-hydroxylation sites is 2. The Morgan fingerprint density at radius 1 is 0.325 bits per heavy atom. The zero-order chi connectivity index (χ0) is 51.4. The number of fused-ring (bicyclic) bond motifs is 7. The molecule has 0 bridgehead atoms. The Bertz CT molecular complexity index is 4510. The van der Waals surface area contributed by atoms with Gasteiger partial charge in [0, 0.05) is 56.0 Å². The normalized spacial score (nSPS) is 12.7. The molecule has 364 valence electrons. The lowest BCUT2D eigenvalue weighted by molar-refractivity contribution is 0.627. The predicted molar refractivity (Wildman–Crippen MR) is 322 cm³/mol. The minimum absolute atomic E-state index is 0.247. The Balaban J connectivity index is 0.839. The smallest absolute Gasteiger partial charge is 0.123 e. The Morgan fingerprint density at radius 2 is 0.818 bits per heavy atom. The van der Waals surface area contributed by atoms with E-state index in [1.807, 2.05) is 12.1 Å². The van der Waals surface area contributed by atoms with Gasteiger partial charge in [0.25, 0.3) is 0 Å². The summed E-state index contributed by atoms with van der Waals surface area (Å²) in [7, 11) is 0. The summed E-state index contributed by atoms with van der Waals surface area (Å²) < 4.78 is 16.8. The topological polar surface area (TPSA) is 11.4 Å². The maximum absolute atomic E-state index is 14.5. The van der Waals surface area contributed by atoms with E-state index in [0.29, 0.717) is 0 Å². The summed E-state index contributed by atoms with van der Waals surface area (Å²) in [6.07, 6.45) is 0. The zero-order valence-corrected chi connectivity index (χ0v) is 42.6. The lowest BCUT2D eigenvalue weighted by atomic mass is 9.81. The molecule has 0 fully saturated rings. The van der Waals surface area contributed by atoms with Crippen LogP contribution in [0.4, 0.5) is 38.5 Å². The van der Waals surface area contributed by atoms with E-state index in [0.717, 1.165) is 56.4 Å². The second kappa shape index (κ2) is 17.4. The van der Waals surface area contributed by atoms with E-state index >= 15 is 0 Å². The van der Waals surface area contributed by atoms with Gasteiger partial charge in [-0.15, -0.1) is 0 Å². The van der Waals surface area contributed by atoms with E-state index < -0.39 is 0 Å². The van der Waals surface area contributed by atoms with Gasteiger partial charge in [0.05, 0.1) is 11.0 Å². The maximum Gasteiger partial charge on any atom is 0.123 e. The highest BCUT2D eigenvalue weighted by Crippen LogP contribution is 2.53. The van der Waals surface area contributed by atoms with Crippen molar-refractivity contribution in [3.8, 4) is 39.1 Å². The van der Waals surface area contributed by atoms with Crippen LogP contribution in [0.5, 0.6) is 0 Å². The van der Waals surface area contributed by atoms with Crippen LogP contribution >= 0.6 is 0 Å². The minimum Gasteiger partial charge on any atom is -0.311 e. The van der Waals surface area contributed by atoms with Crippen molar-refractivity contribution in [2.45, 2.75) is 19.3 Å². The second-order valence-corrected chi connectivity index (χ2v) is 21.1. The van der Waals surface area contributed by atoms with Crippen LogP contribution in [0.2, 0.25) is 0 Å².